The molecule has 0 aliphatic heterocycles. The smallest absolute Gasteiger partial charge is 0.355 e. The minimum absolute atomic E-state index is 0.0513. The number of aliphatic hydroxyl groups excluding tert-OH is 1. The van der Waals surface area contributed by atoms with E-state index in [0.29, 0.717) is 0 Å². The molecule has 0 aliphatic rings. The lowest BCUT2D eigenvalue weighted by Gasteiger charge is -2.08. The van der Waals surface area contributed by atoms with Crippen molar-refractivity contribution in [2.24, 2.45) is 0 Å². The highest BCUT2D eigenvalue weighted by Gasteiger charge is 2.19. The molecule has 0 radical (unpaired) electrons. The molecule has 0 unspecified atom stereocenters. The maximum absolute atomic E-state index is 13.8. The molecule has 0 saturated carbocycles. The third-order valence-corrected chi connectivity index (χ3v) is 3.34. The van der Waals surface area contributed by atoms with Crippen LogP contribution in [0, 0.1) is 11.6 Å². The molecule has 2 N–H and O–H groups in total. The van der Waals surface area contributed by atoms with E-state index in [-0.39, 0.29) is 21.8 Å². The van der Waals surface area contributed by atoms with Crippen molar-refractivity contribution in [1.82, 2.24) is 4.98 Å². The fourth-order valence-electron chi connectivity index (χ4n) is 1.53. The number of benzene rings is 1. The van der Waals surface area contributed by atoms with Gasteiger partial charge in [-0.25, -0.2) is 18.6 Å². The second-order valence-corrected chi connectivity index (χ2v) is 4.74. The van der Waals surface area contributed by atoms with E-state index in [1.54, 1.807) is 0 Å². The Balaban J connectivity index is 2.52. The number of carboxylic acids is 1. The fourth-order valence-corrected chi connectivity index (χ4v) is 2.37. The first-order valence-electron chi connectivity index (χ1n) is 5.26. The number of aromatic carboxylic acids is 1. The van der Waals surface area contributed by atoms with E-state index in [4.69, 9.17) is 5.11 Å². The third kappa shape index (κ3) is 2.61. The Hall–Kier alpha value is -1.86. The molecule has 1 aromatic heterocycles. The lowest BCUT2D eigenvalue weighted by atomic mass is 10.1. The number of carboxylic acid groups (broad SMARTS) is 1. The number of aromatic nitrogens is 1. The number of rotatable bonds is 3. The number of halogens is 2. The van der Waals surface area contributed by atoms with E-state index in [1.807, 2.05) is 0 Å². The van der Waals surface area contributed by atoms with Crippen molar-refractivity contribution in [2.45, 2.75) is 13.0 Å². The van der Waals surface area contributed by atoms with Crippen molar-refractivity contribution >= 4 is 17.3 Å². The molecular weight excluding hydrogens is 276 g/mol. The first-order chi connectivity index (χ1) is 8.90. The van der Waals surface area contributed by atoms with Crippen LogP contribution in [0.2, 0.25) is 0 Å². The molecule has 19 heavy (non-hydrogen) atoms. The van der Waals surface area contributed by atoms with Gasteiger partial charge in [0.15, 0.2) is 5.69 Å². The zero-order valence-corrected chi connectivity index (χ0v) is 10.5. The monoisotopic (exact) mass is 285 g/mol. The molecule has 0 bridgehead atoms. The molecule has 0 spiro atoms. The summed E-state index contributed by atoms with van der Waals surface area (Å²) < 4.78 is 27.7. The highest BCUT2D eigenvalue weighted by atomic mass is 32.1. The predicted molar refractivity (Wildman–Crippen MR) is 65.1 cm³/mol. The molecule has 1 atom stereocenters. The van der Waals surface area contributed by atoms with Gasteiger partial charge in [-0.05, 0) is 24.6 Å². The zero-order valence-electron chi connectivity index (χ0n) is 9.72. The van der Waals surface area contributed by atoms with Crippen LogP contribution in [-0.2, 0) is 0 Å². The number of hydrogen-bond acceptors (Lipinski definition) is 4. The average Bonchev–Trinajstić information content (AvgIpc) is 2.77. The van der Waals surface area contributed by atoms with Gasteiger partial charge in [-0.3, -0.25) is 0 Å². The topological polar surface area (TPSA) is 70.4 Å². The van der Waals surface area contributed by atoms with Gasteiger partial charge >= 0.3 is 5.97 Å². The molecular formula is C12H9F2NO3S. The molecule has 4 nitrogen and oxygen atoms in total. The molecule has 0 aliphatic carbocycles. The van der Waals surface area contributed by atoms with Crippen LogP contribution in [0.5, 0.6) is 0 Å². The summed E-state index contributed by atoms with van der Waals surface area (Å²) in [5.74, 6) is -3.03. The first-order valence-corrected chi connectivity index (χ1v) is 6.14. The Labute approximate surface area is 111 Å². The lowest BCUT2D eigenvalue weighted by molar-refractivity contribution is 0.0691. The molecule has 7 heteroatoms. The van der Waals surface area contributed by atoms with E-state index in [1.165, 1.54) is 12.3 Å². The van der Waals surface area contributed by atoms with Gasteiger partial charge in [0.05, 0.1) is 11.7 Å². The van der Waals surface area contributed by atoms with Gasteiger partial charge in [-0.15, -0.1) is 11.3 Å². The van der Waals surface area contributed by atoms with Crippen LogP contribution in [0.1, 0.15) is 29.1 Å². The summed E-state index contributed by atoms with van der Waals surface area (Å²) >= 11 is 0.839. The Bertz CT molecular complexity index is 617. The zero-order chi connectivity index (χ0) is 14.2. The summed E-state index contributed by atoms with van der Waals surface area (Å²) in [6, 6.07) is 2.01. The summed E-state index contributed by atoms with van der Waals surface area (Å²) in [6.45, 7) is 1.39. The van der Waals surface area contributed by atoms with Crippen molar-refractivity contribution < 1.29 is 23.8 Å². The number of aliphatic hydroxyl groups is 1. The molecule has 0 fully saturated rings. The minimum atomic E-state index is -1.26. The van der Waals surface area contributed by atoms with E-state index in [0.717, 1.165) is 23.5 Å². The van der Waals surface area contributed by atoms with Crippen LogP contribution in [-0.4, -0.2) is 21.2 Å². The second-order valence-electron chi connectivity index (χ2n) is 3.88. The quantitative estimate of drug-likeness (QED) is 0.909. The van der Waals surface area contributed by atoms with Crippen LogP contribution in [0.4, 0.5) is 8.78 Å². The third-order valence-electron chi connectivity index (χ3n) is 2.48. The molecule has 0 saturated heterocycles. The first kappa shape index (κ1) is 13.6. The summed E-state index contributed by atoms with van der Waals surface area (Å²) in [5, 5.41) is 19.2. The molecule has 100 valence electrons. The fraction of sp³-hybridized carbons (Fsp3) is 0.167. The van der Waals surface area contributed by atoms with Crippen LogP contribution in [0.15, 0.2) is 17.5 Å². The van der Waals surface area contributed by atoms with Gasteiger partial charge in [-0.1, -0.05) is 0 Å². The van der Waals surface area contributed by atoms with Crippen molar-refractivity contribution in [1.29, 1.82) is 0 Å². The Kier molecular flexibility index (Phi) is 3.59. The Morgan fingerprint density at radius 3 is 2.37 bits per heavy atom. The summed E-state index contributed by atoms with van der Waals surface area (Å²) in [4.78, 5) is 14.3. The normalized spacial score (nSPS) is 12.4. The molecule has 2 aromatic rings. The summed E-state index contributed by atoms with van der Waals surface area (Å²) in [6.07, 6.45) is -0.996. The molecule has 1 aromatic carbocycles. The Morgan fingerprint density at radius 1 is 1.37 bits per heavy atom. The van der Waals surface area contributed by atoms with E-state index in [2.05, 4.69) is 4.98 Å². The van der Waals surface area contributed by atoms with E-state index >= 15 is 0 Å². The maximum atomic E-state index is 13.8. The van der Waals surface area contributed by atoms with E-state index < -0.39 is 23.7 Å². The standard InChI is InChI=1S/C12H9F2NO3S/c1-5(16)6-2-7(13)10(8(14)3-6)11-15-9(4-19-11)12(17)18/h2-5,16H,1H3,(H,17,18)/t5-/m0/s1. The summed E-state index contributed by atoms with van der Waals surface area (Å²) in [5.41, 5.74) is -0.547. The lowest BCUT2D eigenvalue weighted by Crippen LogP contribution is -1.99. The average molecular weight is 285 g/mol. The second kappa shape index (κ2) is 5.02. The summed E-state index contributed by atoms with van der Waals surface area (Å²) in [7, 11) is 0. The molecule has 1 heterocycles. The number of carbonyl (C=O) groups is 1. The van der Waals surface area contributed by atoms with Gasteiger partial charge in [0, 0.05) is 5.38 Å². The maximum Gasteiger partial charge on any atom is 0.355 e. The van der Waals surface area contributed by atoms with Crippen LogP contribution >= 0.6 is 11.3 Å². The van der Waals surface area contributed by atoms with Gasteiger partial charge in [0.2, 0.25) is 0 Å². The van der Waals surface area contributed by atoms with E-state index in [9.17, 15) is 18.7 Å². The van der Waals surface area contributed by atoms with Gasteiger partial charge in [0.25, 0.3) is 0 Å². The van der Waals surface area contributed by atoms with Gasteiger partial charge in [0.1, 0.15) is 16.6 Å². The molecule has 2 rings (SSSR count). The number of nitrogens with zero attached hydrogens (tertiary/aromatic N) is 1. The van der Waals surface area contributed by atoms with Crippen molar-refractivity contribution in [3.63, 3.8) is 0 Å². The van der Waals surface area contributed by atoms with Gasteiger partial charge in [-0.2, -0.15) is 0 Å². The highest BCUT2D eigenvalue weighted by Crippen LogP contribution is 2.31. The highest BCUT2D eigenvalue weighted by molar-refractivity contribution is 7.13. The number of thiazole rings is 1. The van der Waals surface area contributed by atoms with Crippen LogP contribution in [0.25, 0.3) is 10.6 Å². The predicted octanol–water partition coefficient (Wildman–Crippen LogP) is 2.84. The minimum Gasteiger partial charge on any atom is -0.476 e. The number of hydrogen-bond donors (Lipinski definition) is 2. The van der Waals surface area contributed by atoms with Gasteiger partial charge < -0.3 is 10.2 Å². The largest absolute Gasteiger partial charge is 0.476 e. The van der Waals surface area contributed by atoms with Crippen molar-refractivity contribution in [2.75, 3.05) is 0 Å². The molecule has 0 amide bonds. The van der Waals surface area contributed by atoms with Crippen molar-refractivity contribution in [3.05, 3.63) is 40.4 Å². The van der Waals surface area contributed by atoms with Crippen LogP contribution in [0.3, 0.4) is 0 Å². The van der Waals surface area contributed by atoms with Crippen LogP contribution < -0.4 is 0 Å². The van der Waals surface area contributed by atoms with Crippen molar-refractivity contribution in [3.8, 4) is 10.6 Å². The SMILES string of the molecule is C[C@H](O)c1cc(F)c(-c2nc(C(=O)O)cs2)c(F)c1. The Morgan fingerprint density at radius 2 is 1.95 bits per heavy atom.